The number of nitrogens with zero attached hydrogens (tertiary/aromatic N) is 6. The summed E-state index contributed by atoms with van der Waals surface area (Å²) in [6.45, 7) is 9.08. The molecule has 0 aliphatic carbocycles. The third kappa shape index (κ3) is 5.63. The average molecular weight is 578 g/mol. The lowest BCUT2D eigenvalue weighted by Gasteiger charge is -2.38. The van der Waals surface area contributed by atoms with Gasteiger partial charge in [0.1, 0.15) is 6.04 Å². The SMILES string of the molecule is Cc1cc(C)c2cc(C(c3nnnn3CCc3ccccc3)N3CCN(Cc4ccc5c(c4)OCO5)CC3)c(=O)[nH]c2c1. The molecule has 1 fully saturated rings. The molecule has 7 rings (SSSR count). The topological polar surface area (TPSA) is 101 Å². The highest BCUT2D eigenvalue weighted by Gasteiger charge is 2.33. The van der Waals surface area contributed by atoms with Gasteiger partial charge >= 0.3 is 0 Å². The van der Waals surface area contributed by atoms with E-state index in [0.717, 1.165) is 72.7 Å². The molecule has 3 aromatic carbocycles. The Hall–Kier alpha value is -4.54. The molecular formula is C33H35N7O3. The molecule has 2 aromatic heterocycles. The molecule has 5 aromatic rings. The van der Waals surface area contributed by atoms with Crippen LogP contribution in [0.4, 0.5) is 0 Å². The van der Waals surface area contributed by atoms with Gasteiger partial charge in [0.05, 0.1) is 0 Å². The molecule has 0 radical (unpaired) electrons. The summed E-state index contributed by atoms with van der Waals surface area (Å²) in [6, 6.07) is 22.3. The average Bonchev–Trinajstić information content (AvgIpc) is 3.67. The first-order chi connectivity index (χ1) is 21.0. The van der Waals surface area contributed by atoms with Crippen LogP contribution in [0, 0.1) is 13.8 Å². The lowest BCUT2D eigenvalue weighted by Crippen LogP contribution is -2.48. The van der Waals surface area contributed by atoms with E-state index in [1.54, 1.807) is 0 Å². The Morgan fingerprint density at radius 1 is 0.907 bits per heavy atom. The van der Waals surface area contributed by atoms with E-state index in [1.165, 1.54) is 11.1 Å². The predicted octanol–water partition coefficient (Wildman–Crippen LogP) is 4.01. The second-order valence-electron chi connectivity index (χ2n) is 11.5. The number of aromatic amines is 1. The van der Waals surface area contributed by atoms with Crippen LogP contribution >= 0.6 is 0 Å². The molecule has 1 unspecified atom stereocenters. The number of H-pyrrole nitrogens is 1. The molecule has 1 N–H and O–H groups in total. The van der Waals surface area contributed by atoms with E-state index in [0.29, 0.717) is 17.9 Å². The van der Waals surface area contributed by atoms with Crippen molar-refractivity contribution in [3.8, 4) is 11.5 Å². The van der Waals surface area contributed by atoms with Crippen LogP contribution in [0.2, 0.25) is 0 Å². The van der Waals surface area contributed by atoms with Gasteiger partial charge in [0.25, 0.3) is 5.56 Å². The van der Waals surface area contributed by atoms with E-state index in [-0.39, 0.29) is 18.4 Å². The minimum absolute atomic E-state index is 0.108. The lowest BCUT2D eigenvalue weighted by atomic mass is 9.99. The molecule has 2 aliphatic heterocycles. The summed E-state index contributed by atoms with van der Waals surface area (Å²) in [5, 5.41) is 14.0. The van der Waals surface area contributed by atoms with E-state index >= 15 is 0 Å². The number of ether oxygens (including phenoxy) is 2. The number of pyridine rings is 1. The number of aryl methyl sites for hydroxylation is 4. The summed E-state index contributed by atoms with van der Waals surface area (Å²) in [6.07, 6.45) is 0.793. The van der Waals surface area contributed by atoms with Crippen LogP contribution in [-0.2, 0) is 19.5 Å². The highest BCUT2D eigenvalue weighted by atomic mass is 16.7. The number of hydrogen-bond donors (Lipinski definition) is 1. The third-order valence-corrected chi connectivity index (χ3v) is 8.51. The normalized spacial score (nSPS) is 16.1. The Bertz CT molecular complexity index is 1810. The Kier molecular flexibility index (Phi) is 7.38. The second-order valence-corrected chi connectivity index (χ2v) is 11.5. The maximum absolute atomic E-state index is 13.7. The summed E-state index contributed by atoms with van der Waals surface area (Å²) in [7, 11) is 0. The van der Waals surface area contributed by atoms with Crippen LogP contribution in [0.15, 0.2) is 71.5 Å². The fraction of sp³-hybridized carbons (Fsp3) is 0.333. The Labute approximate surface area is 249 Å². The summed E-state index contributed by atoms with van der Waals surface area (Å²) in [5.41, 5.74) is 6.06. The van der Waals surface area contributed by atoms with Crippen LogP contribution in [-0.4, -0.2) is 68.0 Å². The van der Waals surface area contributed by atoms with E-state index in [9.17, 15) is 4.79 Å². The molecule has 10 nitrogen and oxygen atoms in total. The van der Waals surface area contributed by atoms with Gasteiger partial charge in [0.2, 0.25) is 6.79 Å². The van der Waals surface area contributed by atoms with Crippen LogP contribution < -0.4 is 15.0 Å². The number of rotatable bonds is 8. The van der Waals surface area contributed by atoms with Crippen LogP contribution in [0.3, 0.4) is 0 Å². The fourth-order valence-corrected chi connectivity index (χ4v) is 6.31. The summed E-state index contributed by atoms with van der Waals surface area (Å²) >= 11 is 0. The standard InChI is InChI=1S/C33H35N7O3/c1-22-16-23(2)26-19-27(33(41)34-28(26)17-22)31(32-35-36-37-40(32)11-10-24-6-4-3-5-7-24)39-14-12-38(13-15-39)20-25-8-9-29-30(18-25)43-21-42-29/h3-9,16-19,31H,10-15,20-21H2,1-2H3,(H,34,41). The summed E-state index contributed by atoms with van der Waals surface area (Å²) < 4.78 is 12.9. The zero-order valence-corrected chi connectivity index (χ0v) is 24.5. The quantitative estimate of drug-likeness (QED) is 0.295. The minimum atomic E-state index is -0.382. The molecule has 10 heteroatoms. The highest BCUT2D eigenvalue weighted by molar-refractivity contribution is 5.83. The van der Waals surface area contributed by atoms with E-state index < -0.39 is 0 Å². The van der Waals surface area contributed by atoms with E-state index in [1.807, 2.05) is 48.0 Å². The molecule has 220 valence electrons. The minimum Gasteiger partial charge on any atom is -0.454 e. The van der Waals surface area contributed by atoms with Gasteiger partial charge < -0.3 is 14.5 Å². The molecule has 0 bridgehead atoms. The van der Waals surface area contributed by atoms with Crippen LogP contribution in [0.25, 0.3) is 10.9 Å². The van der Waals surface area contributed by atoms with Gasteiger partial charge in [0, 0.05) is 55.7 Å². The smallest absolute Gasteiger partial charge is 0.253 e. The molecule has 43 heavy (non-hydrogen) atoms. The number of hydrogen-bond acceptors (Lipinski definition) is 8. The van der Waals surface area contributed by atoms with Crippen LogP contribution in [0.1, 0.15) is 39.7 Å². The first kappa shape index (κ1) is 27.3. The van der Waals surface area contributed by atoms with Crippen LogP contribution in [0.5, 0.6) is 11.5 Å². The zero-order chi connectivity index (χ0) is 29.3. The second kappa shape index (κ2) is 11.6. The molecule has 0 spiro atoms. The van der Waals surface area contributed by atoms with Crippen molar-refractivity contribution >= 4 is 10.9 Å². The number of nitrogens with one attached hydrogen (secondary N) is 1. The highest BCUT2D eigenvalue weighted by Crippen LogP contribution is 2.33. The molecule has 2 aliphatic rings. The Balaban J connectivity index is 1.18. The first-order valence-corrected chi connectivity index (χ1v) is 14.8. The van der Waals surface area contributed by atoms with E-state index in [4.69, 9.17) is 9.47 Å². The number of benzene rings is 3. The molecule has 0 amide bonds. The van der Waals surface area contributed by atoms with Crippen molar-refractivity contribution in [3.05, 3.63) is 111 Å². The first-order valence-electron chi connectivity index (χ1n) is 14.8. The molecule has 0 saturated carbocycles. The van der Waals surface area contributed by atoms with Crippen molar-refractivity contribution in [2.24, 2.45) is 0 Å². The van der Waals surface area contributed by atoms with Gasteiger partial charge in [-0.3, -0.25) is 14.6 Å². The number of fused-ring (bicyclic) bond motifs is 2. The molecule has 1 atom stereocenters. The van der Waals surface area contributed by atoms with Crippen molar-refractivity contribution < 1.29 is 9.47 Å². The van der Waals surface area contributed by atoms with Gasteiger partial charge in [-0.05, 0) is 77.2 Å². The van der Waals surface area contributed by atoms with Gasteiger partial charge in [-0.15, -0.1) is 5.10 Å². The number of aromatic nitrogens is 5. The fourth-order valence-electron chi connectivity index (χ4n) is 6.31. The zero-order valence-electron chi connectivity index (χ0n) is 24.5. The predicted molar refractivity (Wildman–Crippen MR) is 163 cm³/mol. The van der Waals surface area contributed by atoms with Crippen molar-refractivity contribution in [2.45, 2.75) is 39.4 Å². The Morgan fingerprint density at radius 3 is 2.56 bits per heavy atom. The van der Waals surface area contributed by atoms with Gasteiger partial charge in [-0.1, -0.05) is 42.5 Å². The number of piperazine rings is 1. The molecule has 1 saturated heterocycles. The summed E-state index contributed by atoms with van der Waals surface area (Å²) in [5.74, 6) is 2.29. The third-order valence-electron chi connectivity index (χ3n) is 8.51. The van der Waals surface area contributed by atoms with Crippen molar-refractivity contribution in [3.63, 3.8) is 0 Å². The van der Waals surface area contributed by atoms with Crippen molar-refractivity contribution in [1.82, 2.24) is 35.0 Å². The monoisotopic (exact) mass is 577 g/mol. The maximum Gasteiger partial charge on any atom is 0.253 e. The largest absolute Gasteiger partial charge is 0.454 e. The maximum atomic E-state index is 13.7. The van der Waals surface area contributed by atoms with Crippen molar-refractivity contribution in [1.29, 1.82) is 0 Å². The van der Waals surface area contributed by atoms with Gasteiger partial charge in [0.15, 0.2) is 17.3 Å². The van der Waals surface area contributed by atoms with E-state index in [2.05, 4.69) is 67.6 Å². The van der Waals surface area contributed by atoms with Gasteiger partial charge in [-0.25, -0.2) is 4.68 Å². The van der Waals surface area contributed by atoms with Gasteiger partial charge in [-0.2, -0.15) is 0 Å². The molecular weight excluding hydrogens is 542 g/mol. The lowest BCUT2D eigenvalue weighted by molar-refractivity contribution is 0.0996. The number of tetrazole rings is 1. The van der Waals surface area contributed by atoms with Crippen molar-refractivity contribution in [2.75, 3.05) is 33.0 Å². The molecule has 4 heterocycles. The Morgan fingerprint density at radius 2 is 1.72 bits per heavy atom. The summed E-state index contributed by atoms with van der Waals surface area (Å²) in [4.78, 5) is 21.7.